The third-order valence-corrected chi connectivity index (χ3v) is 2.65. The average Bonchev–Trinajstić information content (AvgIpc) is 2.10. The molecule has 0 aliphatic carbocycles. The van der Waals surface area contributed by atoms with Gasteiger partial charge in [0.15, 0.2) is 0 Å². The van der Waals surface area contributed by atoms with Gasteiger partial charge in [-0.05, 0) is 59.4 Å². The molecule has 0 heterocycles. The molecule has 0 aliphatic heterocycles. The van der Waals surface area contributed by atoms with E-state index in [1.54, 1.807) is 5.57 Å². The Balaban J connectivity index is 3.55. The number of allylic oxidation sites excluding steroid dienone is 1. The van der Waals surface area contributed by atoms with Gasteiger partial charge in [-0.15, -0.1) is 0 Å². The number of hydrogen-bond donors (Lipinski definition) is 1. The summed E-state index contributed by atoms with van der Waals surface area (Å²) in [5.41, 5.74) is 1.80. The fourth-order valence-corrected chi connectivity index (χ4v) is 1.66. The fourth-order valence-electron chi connectivity index (χ4n) is 1.66. The number of nitrogens with one attached hydrogen (secondary N) is 1. The molecule has 16 heavy (non-hydrogen) atoms. The van der Waals surface area contributed by atoms with Crippen molar-refractivity contribution in [2.24, 2.45) is 5.92 Å². The van der Waals surface area contributed by atoms with Crippen molar-refractivity contribution in [1.29, 1.82) is 0 Å². The molecule has 0 saturated carbocycles. The van der Waals surface area contributed by atoms with Crippen molar-refractivity contribution in [2.75, 3.05) is 6.54 Å². The van der Waals surface area contributed by atoms with Gasteiger partial charge < -0.3 is 5.32 Å². The van der Waals surface area contributed by atoms with E-state index in [9.17, 15) is 0 Å². The summed E-state index contributed by atoms with van der Waals surface area (Å²) in [6.45, 7) is 14.6. The summed E-state index contributed by atoms with van der Waals surface area (Å²) < 4.78 is 0. The standard InChI is InChI=1S/C15H31N/c1-13(2)9-7-10-14(3)11-8-12-16-15(4,5)6/h11,13,16H,7-10,12H2,1-6H3. The zero-order valence-electron chi connectivity index (χ0n) is 12.2. The molecule has 0 spiro atoms. The van der Waals surface area contributed by atoms with Crippen LogP contribution in [0, 0.1) is 5.92 Å². The maximum absolute atomic E-state index is 3.51. The molecule has 0 amide bonds. The second-order valence-corrected chi connectivity index (χ2v) is 6.30. The van der Waals surface area contributed by atoms with Crippen LogP contribution < -0.4 is 5.32 Å². The molecule has 0 unspecified atom stereocenters. The smallest absolute Gasteiger partial charge is 0.00966 e. The Morgan fingerprint density at radius 1 is 1.25 bits per heavy atom. The normalized spacial score (nSPS) is 13.6. The van der Waals surface area contributed by atoms with Gasteiger partial charge in [-0.2, -0.15) is 0 Å². The molecule has 0 saturated heterocycles. The van der Waals surface area contributed by atoms with E-state index in [4.69, 9.17) is 0 Å². The highest BCUT2D eigenvalue weighted by Gasteiger charge is 2.06. The molecule has 0 aromatic carbocycles. The van der Waals surface area contributed by atoms with Crippen LogP contribution in [-0.4, -0.2) is 12.1 Å². The summed E-state index contributed by atoms with van der Waals surface area (Å²) in [6.07, 6.45) is 7.51. The van der Waals surface area contributed by atoms with Crippen LogP contribution in [0.15, 0.2) is 11.6 Å². The monoisotopic (exact) mass is 225 g/mol. The summed E-state index contributed by atoms with van der Waals surface area (Å²) >= 11 is 0. The van der Waals surface area contributed by atoms with E-state index < -0.39 is 0 Å². The van der Waals surface area contributed by atoms with E-state index in [0.717, 1.165) is 18.9 Å². The third kappa shape index (κ3) is 11.8. The van der Waals surface area contributed by atoms with Gasteiger partial charge in [0.25, 0.3) is 0 Å². The molecule has 0 fully saturated rings. The van der Waals surface area contributed by atoms with Crippen LogP contribution in [0.2, 0.25) is 0 Å². The first kappa shape index (κ1) is 15.7. The van der Waals surface area contributed by atoms with Gasteiger partial charge >= 0.3 is 0 Å². The summed E-state index contributed by atoms with van der Waals surface area (Å²) in [6, 6.07) is 0. The first-order chi connectivity index (χ1) is 7.31. The lowest BCUT2D eigenvalue weighted by atomic mass is 10.0. The minimum absolute atomic E-state index is 0.249. The number of hydrogen-bond acceptors (Lipinski definition) is 1. The molecule has 0 radical (unpaired) electrons. The van der Waals surface area contributed by atoms with Crippen LogP contribution in [0.1, 0.15) is 67.2 Å². The van der Waals surface area contributed by atoms with Gasteiger partial charge in [0.05, 0.1) is 0 Å². The molecule has 1 N–H and O–H groups in total. The highest BCUT2D eigenvalue weighted by molar-refractivity contribution is 4.98. The predicted molar refractivity (Wildman–Crippen MR) is 74.8 cm³/mol. The molecule has 0 aliphatic rings. The molecular formula is C15H31N. The highest BCUT2D eigenvalue weighted by atomic mass is 14.9. The fraction of sp³-hybridized carbons (Fsp3) is 0.867. The number of rotatable bonds is 7. The molecule has 0 aromatic heterocycles. The lowest BCUT2D eigenvalue weighted by Crippen LogP contribution is -2.36. The first-order valence-electron chi connectivity index (χ1n) is 6.72. The SMILES string of the molecule is CC(=CCCNC(C)(C)C)CCCC(C)C. The van der Waals surface area contributed by atoms with Crippen LogP contribution in [0.5, 0.6) is 0 Å². The van der Waals surface area contributed by atoms with Crippen LogP contribution in [0.4, 0.5) is 0 Å². The Morgan fingerprint density at radius 2 is 1.88 bits per heavy atom. The maximum atomic E-state index is 3.51. The van der Waals surface area contributed by atoms with Gasteiger partial charge in [0, 0.05) is 5.54 Å². The molecule has 0 bridgehead atoms. The van der Waals surface area contributed by atoms with E-state index in [1.165, 1.54) is 19.3 Å². The van der Waals surface area contributed by atoms with E-state index >= 15 is 0 Å². The third-order valence-electron chi connectivity index (χ3n) is 2.65. The average molecular weight is 225 g/mol. The Morgan fingerprint density at radius 3 is 2.38 bits per heavy atom. The topological polar surface area (TPSA) is 12.0 Å². The molecule has 0 atom stereocenters. The summed E-state index contributed by atoms with van der Waals surface area (Å²) in [7, 11) is 0. The molecular weight excluding hydrogens is 194 g/mol. The lowest BCUT2D eigenvalue weighted by molar-refractivity contribution is 0.431. The highest BCUT2D eigenvalue weighted by Crippen LogP contribution is 2.12. The molecule has 1 heteroatoms. The minimum atomic E-state index is 0.249. The van der Waals surface area contributed by atoms with Gasteiger partial charge in [-0.25, -0.2) is 0 Å². The van der Waals surface area contributed by atoms with E-state index in [0.29, 0.717) is 0 Å². The van der Waals surface area contributed by atoms with Crippen LogP contribution >= 0.6 is 0 Å². The van der Waals surface area contributed by atoms with Crippen molar-refractivity contribution in [3.63, 3.8) is 0 Å². The Kier molecular flexibility index (Phi) is 7.74. The lowest BCUT2D eigenvalue weighted by Gasteiger charge is -2.19. The van der Waals surface area contributed by atoms with E-state index in [2.05, 4.69) is 52.9 Å². The second-order valence-electron chi connectivity index (χ2n) is 6.30. The van der Waals surface area contributed by atoms with Crippen molar-refractivity contribution in [3.8, 4) is 0 Å². The summed E-state index contributed by atoms with van der Waals surface area (Å²) in [4.78, 5) is 0. The van der Waals surface area contributed by atoms with Crippen molar-refractivity contribution in [3.05, 3.63) is 11.6 Å². The van der Waals surface area contributed by atoms with Gasteiger partial charge in [-0.3, -0.25) is 0 Å². The van der Waals surface area contributed by atoms with Crippen molar-refractivity contribution >= 4 is 0 Å². The second kappa shape index (κ2) is 7.89. The quantitative estimate of drug-likeness (QED) is 0.495. The van der Waals surface area contributed by atoms with Gasteiger partial charge in [-0.1, -0.05) is 31.9 Å². The van der Waals surface area contributed by atoms with Crippen molar-refractivity contribution in [1.82, 2.24) is 5.32 Å². The largest absolute Gasteiger partial charge is 0.312 e. The summed E-state index contributed by atoms with van der Waals surface area (Å²) in [5.74, 6) is 0.843. The van der Waals surface area contributed by atoms with Gasteiger partial charge in [0.1, 0.15) is 0 Å². The predicted octanol–water partition coefficient (Wildman–Crippen LogP) is 4.54. The maximum Gasteiger partial charge on any atom is 0.00966 e. The zero-order valence-corrected chi connectivity index (χ0v) is 12.2. The molecule has 0 rings (SSSR count). The van der Waals surface area contributed by atoms with Crippen molar-refractivity contribution in [2.45, 2.75) is 72.8 Å². The Bertz CT molecular complexity index is 196. The first-order valence-corrected chi connectivity index (χ1v) is 6.72. The minimum Gasteiger partial charge on any atom is -0.312 e. The van der Waals surface area contributed by atoms with Crippen LogP contribution in [0.3, 0.4) is 0 Å². The van der Waals surface area contributed by atoms with Crippen LogP contribution in [0.25, 0.3) is 0 Å². The van der Waals surface area contributed by atoms with Crippen molar-refractivity contribution < 1.29 is 0 Å². The Labute approximate surface area is 103 Å². The summed E-state index contributed by atoms with van der Waals surface area (Å²) in [5, 5.41) is 3.51. The Hall–Kier alpha value is -0.300. The van der Waals surface area contributed by atoms with Crippen LogP contribution in [-0.2, 0) is 0 Å². The van der Waals surface area contributed by atoms with E-state index in [-0.39, 0.29) is 5.54 Å². The molecule has 96 valence electrons. The van der Waals surface area contributed by atoms with Gasteiger partial charge in [0.2, 0.25) is 0 Å². The molecule has 1 nitrogen and oxygen atoms in total. The zero-order chi connectivity index (χ0) is 12.6. The van der Waals surface area contributed by atoms with E-state index in [1.807, 2.05) is 0 Å². The molecule has 0 aromatic rings.